The van der Waals surface area contributed by atoms with Crippen LogP contribution in [0.4, 0.5) is 0 Å². The van der Waals surface area contributed by atoms with Crippen molar-refractivity contribution in [2.45, 2.75) is 33.0 Å². The summed E-state index contributed by atoms with van der Waals surface area (Å²) in [6.45, 7) is 5.70. The highest BCUT2D eigenvalue weighted by Crippen LogP contribution is 2.17. The van der Waals surface area contributed by atoms with Crippen molar-refractivity contribution in [3.05, 3.63) is 59.5 Å². The number of carbonyl (C=O) groups is 1. The predicted octanol–water partition coefficient (Wildman–Crippen LogP) is 2.29. The van der Waals surface area contributed by atoms with Crippen molar-refractivity contribution in [3.63, 3.8) is 0 Å². The summed E-state index contributed by atoms with van der Waals surface area (Å²) in [5, 5.41) is 0. The van der Waals surface area contributed by atoms with Gasteiger partial charge in [-0.2, -0.15) is 0 Å². The van der Waals surface area contributed by atoms with Gasteiger partial charge >= 0.3 is 5.91 Å². The Bertz CT molecular complexity index is 578. The number of nitrogen functional groups attached to an aromatic ring is 1. The van der Waals surface area contributed by atoms with Crippen molar-refractivity contribution < 1.29 is 9.21 Å². The molecule has 0 fully saturated rings. The van der Waals surface area contributed by atoms with E-state index in [2.05, 4.69) is 36.3 Å². The molecule has 0 saturated heterocycles. The third-order valence-corrected chi connectivity index (χ3v) is 3.42. The van der Waals surface area contributed by atoms with Crippen molar-refractivity contribution in [2.24, 2.45) is 5.84 Å². The maximum Gasteiger partial charge on any atom is 0.301 e. The number of hydrazine groups is 1. The highest BCUT2D eigenvalue weighted by atomic mass is 16.3. The fraction of sp³-hybridized carbons (Fsp3) is 0.312. The van der Waals surface area contributed by atoms with Gasteiger partial charge in [-0.05, 0) is 25.5 Å². The number of hydrogen-bond acceptors (Lipinski definition) is 4. The summed E-state index contributed by atoms with van der Waals surface area (Å²) < 4.78 is 5.23. The molecule has 5 nitrogen and oxygen atoms in total. The highest BCUT2D eigenvalue weighted by Gasteiger charge is 2.18. The van der Waals surface area contributed by atoms with Crippen LogP contribution in [0.1, 0.15) is 35.5 Å². The van der Waals surface area contributed by atoms with Crippen LogP contribution in [0.5, 0.6) is 0 Å². The van der Waals surface area contributed by atoms with Gasteiger partial charge in [-0.3, -0.25) is 15.1 Å². The summed E-state index contributed by atoms with van der Waals surface area (Å²) in [5.74, 6) is 5.04. The summed E-state index contributed by atoms with van der Waals surface area (Å²) in [7, 11) is 0. The van der Waals surface area contributed by atoms with Gasteiger partial charge < -0.3 is 4.42 Å². The van der Waals surface area contributed by atoms with Crippen molar-refractivity contribution >= 4 is 5.91 Å². The molecule has 0 unspecified atom stereocenters. The van der Waals surface area contributed by atoms with Gasteiger partial charge in [0.1, 0.15) is 0 Å². The third kappa shape index (κ3) is 3.93. The number of rotatable bonds is 6. The monoisotopic (exact) mass is 287 g/mol. The van der Waals surface area contributed by atoms with Crippen LogP contribution in [0.25, 0.3) is 0 Å². The minimum atomic E-state index is -0.404. The molecule has 0 bridgehead atoms. The Balaban J connectivity index is 2.14. The van der Waals surface area contributed by atoms with Crippen LogP contribution >= 0.6 is 0 Å². The van der Waals surface area contributed by atoms with Gasteiger partial charge in [0, 0.05) is 24.7 Å². The van der Waals surface area contributed by atoms with E-state index in [-0.39, 0.29) is 5.76 Å². The zero-order chi connectivity index (χ0) is 15.2. The number of amides is 1. The lowest BCUT2D eigenvalue weighted by Crippen LogP contribution is -2.33. The van der Waals surface area contributed by atoms with Gasteiger partial charge in [-0.1, -0.05) is 30.3 Å². The number of carbonyl (C=O) groups excluding carboxylic acids is 1. The molecule has 0 saturated carbocycles. The number of nitrogens with one attached hydrogen (secondary N) is 1. The standard InChI is InChI=1S/C16H21N3O2/c1-12(2)19(10-13-6-4-3-5-7-13)11-14-8-9-21-15(14)16(20)18-17/h3-9,12H,10-11,17H2,1-2H3,(H,18,20). The van der Waals surface area contributed by atoms with Gasteiger partial charge in [0.25, 0.3) is 0 Å². The Morgan fingerprint density at radius 2 is 1.95 bits per heavy atom. The van der Waals surface area contributed by atoms with Crippen LogP contribution in [-0.2, 0) is 13.1 Å². The first-order valence-corrected chi connectivity index (χ1v) is 6.97. The molecule has 0 spiro atoms. The van der Waals surface area contributed by atoms with Gasteiger partial charge in [0.05, 0.1) is 6.26 Å². The van der Waals surface area contributed by atoms with Gasteiger partial charge in [-0.25, -0.2) is 5.84 Å². The van der Waals surface area contributed by atoms with Crippen molar-refractivity contribution in [1.29, 1.82) is 0 Å². The average Bonchev–Trinajstić information content (AvgIpc) is 2.95. The number of furan rings is 1. The number of nitrogens with two attached hydrogens (primary N) is 1. The maximum absolute atomic E-state index is 11.7. The number of hydrogen-bond donors (Lipinski definition) is 2. The SMILES string of the molecule is CC(C)N(Cc1ccccc1)Cc1ccoc1C(=O)NN. The molecule has 2 rings (SSSR count). The second kappa shape index (κ2) is 7.06. The minimum absolute atomic E-state index is 0.274. The molecule has 0 aliphatic rings. The number of benzene rings is 1. The fourth-order valence-electron chi connectivity index (χ4n) is 2.18. The van der Waals surface area contributed by atoms with E-state index in [0.29, 0.717) is 12.6 Å². The molecule has 1 aromatic carbocycles. The molecule has 0 atom stereocenters. The van der Waals surface area contributed by atoms with Crippen LogP contribution in [0.15, 0.2) is 47.1 Å². The Morgan fingerprint density at radius 3 is 2.57 bits per heavy atom. The predicted molar refractivity (Wildman–Crippen MR) is 81.2 cm³/mol. The van der Waals surface area contributed by atoms with Crippen molar-refractivity contribution in [2.75, 3.05) is 0 Å². The second-order valence-corrected chi connectivity index (χ2v) is 5.23. The molecule has 0 aliphatic carbocycles. The first kappa shape index (κ1) is 15.3. The smallest absolute Gasteiger partial charge is 0.301 e. The Kier molecular flexibility index (Phi) is 5.14. The zero-order valence-corrected chi connectivity index (χ0v) is 12.4. The van der Waals surface area contributed by atoms with E-state index in [1.54, 1.807) is 0 Å². The largest absolute Gasteiger partial charge is 0.459 e. The summed E-state index contributed by atoms with van der Waals surface area (Å²) in [6.07, 6.45) is 1.51. The van der Waals surface area contributed by atoms with Gasteiger partial charge in [-0.15, -0.1) is 0 Å². The van der Waals surface area contributed by atoms with E-state index >= 15 is 0 Å². The Morgan fingerprint density at radius 1 is 1.24 bits per heavy atom. The maximum atomic E-state index is 11.7. The molecule has 112 valence electrons. The Hall–Kier alpha value is -2.11. The molecule has 21 heavy (non-hydrogen) atoms. The molecular weight excluding hydrogens is 266 g/mol. The first-order valence-electron chi connectivity index (χ1n) is 6.97. The van der Waals surface area contributed by atoms with Crippen LogP contribution in [-0.4, -0.2) is 16.8 Å². The van der Waals surface area contributed by atoms with E-state index in [9.17, 15) is 4.79 Å². The molecule has 0 aliphatic heterocycles. The summed E-state index contributed by atoms with van der Waals surface area (Å²) in [6, 6.07) is 12.4. The van der Waals surface area contributed by atoms with Crippen LogP contribution < -0.4 is 11.3 Å². The summed E-state index contributed by atoms with van der Waals surface area (Å²) in [5.41, 5.74) is 4.18. The van der Waals surface area contributed by atoms with Gasteiger partial charge in [0.15, 0.2) is 5.76 Å². The minimum Gasteiger partial charge on any atom is -0.459 e. The van der Waals surface area contributed by atoms with E-state index in [4.69, 9.17) is 10.3 Å². The molecule has 1 amide bonds. The van der Waals surface area contributed by atoms with Crippen LogP contribution in [0.2, 0.25) is 0 Å². The lowest BCUT2D eigenvalue weighted by atomic mass is 10.1. The molecule has 3 N–H and O–H groups in total. The fourth-order valence-corrected chi connectivity index (χ4v) is 2.18. The third-order valence-electron chi connectivity index (χ3n) is 3.42. The van der Waals surface area contributed by atoms with E-state index < -0.39 is 5.91 Å². The molecule has 1 aromatic heterocycles. The Labute approximate surface area is 124 Å². The van der Waals surface area contributed by atoms with E-state index in [1.165, 1.54) is 11.8 Å². The molecule has 2 aromatic rings. The average molecular weight is 287 g/mol. The summed E-state index contributed by atoms with van der Waals surface area (Å²) >= 11 is 0. The second-order valence-electron chi connectivity index (χ2n) is 5.23. The van der Waals surface area contributed by atoms with Crippen LogP contribution in [0, 0.1) is 0 Å². The zero-order valence-electron chi connectivity index (χ0n) is 12.4. The molecule has 1 heterocycles. The first-order chi connectivity index (χ1) is 10.1. The lowest BCUT2D eigenvalue weighted by Gasteiger charge is -2.26. The topological polar surface area (TPSA) is 71.5 Å². The van der Waals surface area contributed by atoms with Crippen molar-refractivity contribution in [3.8, 4) is 0 Å². The quantitative estimate of drug-likeness (QED) is 0.486. The summed E-state index contributed by atoms with van der Waals surface area (Å²) in [4.78, 5) is 13.9. The van der Waals surface area contributed by atoms with Crippen LogP contribution in [0.3, 0.4) is 0 Å². The van der Waals surface area contributed by atoms with Gasteiger partial charge in [0.2, 0.25) is 0 Å². The van der Waals surface area contributed by atoms with E-state index in [1.807, 2.05) is 24.3 Å². The highest BCUT2D eigenvalue weighted by molar-refractivity contribution is 5.92. The van der Waals surface area contributed by atoms with Crippen molar-refractivity contribution in [1.82, 2.24) is 10.3 Å². The molecular formula is C16H21N3O2. The van der Waals surface area contributed by atoms with E-state index in [0.717, 1.165) is 12.1 Å². The lowest BCUT2D eigenvalue weighted by molar-refractivity contribution is 0.0922. The molecule has 0 radical (unpaired) electrons. The molecule has 5 heteroatoms. The normalized spacial score (nSPS) is 11.1. The number of nitrogens with zero attached hydrogens (tertiary/aromatic N) is 1.